The van der Waals surface area contributed by atoms with Crippen LogP contribution in [-0.2, 0) is 11.2 Å². The van der Waals surface area contributed by atoms with Crippen molar-refractivity contribution in [2.45, 2.75) is 19.4 Å². The number of hydrogen-bond donors (Lipinski definition) is 2. The van der Waals surface area contributed by atoms with Gasteiger partial charge in [-0.05, 0) is 36.6 Å². The van der Waals surface area contributed by atoms with E-state index in [0.29, 0.717) is 0 Å². The van der Waals surface area contributed by atoms with Gasteiger partial charge < -0.3 is 10.8 Å². The molecule has 0 amide bonds. The summed E-state index contributed by atoms with van der Waals surface area (Å²) in [6.07, 6.45) is 0.224. The number of aliphatic carboxylic acids is 1. The van der Waals surface area contributed by atoms with Gasteiger partial charge in [0.2, 0.25) is 0 Å². The molecule has 1 atom stereocenters. The minimum Gasteiger partial charge on any atom is -0.480 e. The van der Waals surface area contributed by atoms with E-state index < -0.39 is 12.0 Å². The SMILES string of the molecule is Cc1cc(F)ccc1C[C@@H](N)C(=O)O. The molecule has 0 aliphatic rings. The van der Waals surface area contributed by atoms with Gasteiger partial charge in [-0.1, -0.05) is 6.07 Å². The molecule has 1 aromatic carbocycles. The summed E-state index contributed by atoms with van der Waals surface area (Å²) in [7, 11) is 0. The Kier molecular flexibility index (Phi) is 3.19. The predicted octanol–water partition coefficient (Wildman–Crippen LogP) is 1.09. The molecular formula is C10H12FNO2. The van der Waals surface area contributed by atoms with Crippen molar-refractivity contribution in [1.82, 2.24) is 0 Å². The molecule has 0 aromatic heterocycles. The van der Waals surface area contributed by atoms with Crippen LogP contribution in [0.5, 0.6) is 0 Å². The molecule has 0 bridgehead atoms. The van der Waals surface area contributed by atoms with Crippen molar-refractivity contribution in [3.63, 3.8) is 0 Å². The highest BCUT2D eigenvalue weighted by atomic mass is 19.1. The first kappa shape index (κ1) is 10.7. The van der Waals surface area contributed by atoms with Gasteiger partial charge in [0, 0.05) is 0 Å². The van der Waals surface area contributed by atoms with Crippen LogP contribution in [0.2, 0.25) is 0 Å². The summed E-state index contributed by atoms with van der Waals surface area (Å²) >= 11 is 0. The van der Waals surface area contributed by atoms with Gasteiger partial charge in [0.15, 0.2) is 0 Å². The number of benzene rings is 1. The molecule has 1 aromatic rings. The molecule has 0 aliphatic carbocycles. The number of halogens is 1. The highest BCUT2D eigenvalue weighted by Crippen LogP contribution is 2.11. The smallest absolute Gasteiger partial charge is 0.320 e. The third-order valence-corrected chi connectivity index (χ3v) is 2.06. The summed E-state index contributed by atoms with van der Waals surface area (Å²) in [5.41, 5.74) is 6.85. The standard InChI is InChI=1S/C10H12FNO2/c1-6-4-8(11)3-2-7(6)5-9(12)10(13)14/h2-4,9H,5,12H2,1H3,(H,13,14)/t9-/m1/s1. The van der Waals surface area contributed by atoms with Crippen molar-refractivity contribution in [2.75, 3.05) is 0 Å². The van der Waals surface area contributed by atoms with E-state index in [1.165, 1.54) is 12.1 Å². The fourth-order valence-corrected chi connectivity index (χ4v) is 1.21. The first-order valence-electron chi connectivity index (χ1n) is 4.24. The molecule has 0 spiro atoms. The Balaban J connectivity index is 2.82. The zero-order valence-corrected chi connectivity index (χ0v) is 7.83. The summed E-state index contributed by atoms with van der Waals surface area (Å²) in [6, 6.07) is 3.30. The molecule has 4 heteroatoms. The van der Waals surface area contributed by atoms with Gasteiger partial charge in [-0.3, -0.25) is 4.79 Å². The van der Waals surface area contributed by atoms with Crippen molar-refractivity contribution < 1.29 is 14.3 Å². The number of carboxylic acid groups (broad SMARTS) is 1. The zero-order valence-electron chi connectivity index (χ0n) is 7.83. The second kappa shape index (κ2) is 4.19. The van der Waals surface area contributed by atoms with E-state index in [2.05, 4.69) is 0 Å². The van der Waals surface area contributed by atoms with Crippen LogP contribution >= 0.6 is 0 Å². The van der Waals surface area contributed by atoms with E-state index in [1.807, 2.05) is 0 Å². The first-order chi connectivity index (χ1) is 6.50. The summed E-state index contributed by atoms with van der Waals surface area (Å²) in [5, 5.41) is 8.59. The zero-order chi connectivity index (χ0) is 10.7. The summed E-state index contributed by atoms with van der Waals surface area (Å²) < 4.78 is 12.7. The van der Waals surface area contributed by atoms with Crippen LogP contribution in [-0.4, -0.2) is 17.1 Å². The largest absolute Gasteiger partial charge is 0.480 e. The lowest BCUT2D eigenvalue weighted by molar-refractivity contribution is -0.138. The second-order valence-electron chi connectivity index (χ2n) is 3.22. The molecule has 14 heavy (non-hydrogen) atoms. The van der Waals surface area contributed by atoms with Gasteiger partial charge in [0.05, 0.1) is 0 Å². The molecule has 3 N–H and O–H groups in total. The van der Waals surface area contributed by atoms with E-state index in [0.717, 1.165) is 11.1 Å². The Morgan fingerprint density at radius 3 is 2.79 bits per heavy atom. The quantitative estimate of drug-likeness (QED) is 0.762. The third kappa shape index (κ3) is 2.53. The van der Waals surface area contributed by atoms with Crippen LogP contribution in [0, 0.1) is 12.7 Å². The average molecular weight is 197 g/mol. The monoisotopic (exact) mass is 197 g/mol. The van der Waals surface area contributed by atoms with Crippen molar-refractivity contribution in [1.29, 1.82) is 0 Å². The molecule has 1 rings (SSSR count). The fourth-order valence-electron chi connectivity index (χ4n) is 1.21. The van der Waals surface area contributed by atoms with Crippen LogP contribution in [0.3, 0.4) is 0 Å². The minimum absolute atomic E-state index is 0.224. The Labute approximate surface area is 81.4 Å². The van der Waals surface area contributed by atoms with Gasteiger partial charge in [0.25, 0.3) is 0 Å². The van der Waals surface area contributed by atoms with Gasteiger partial charge in [0.1, 0.15) is 11.9 Å². The summed E-state index contributed by atoms with van der Waals surface area (Å²) in [4.78, 5) is 10.5. The van der Waals surface area contributed by atoms with Crippen molar-refractivity contribution in [3.8, 4) is 0 Å². The van der Waals surface area contributed by atoms with Crippen molar-refractivity contribution in [2.24, 2.45) is 5.73 Å². The number of rotatable bonds is 3. The maximum absolute atomic E-state index is 12.7. The number of aryl methyl sites for hydroxylation is 1. The predicted molar refractivity (Wildman–Crippen MR) is 50.5 cm³/mol. The van der Waals surface area contributed by atoms with Gasteiger partial charge in [-0.2, -0.15) is 0 Å². The van der Waals surface area contributed by atoms with Gasteiger partial charge in [-0.25, -0.2) is 4.39 Å². The number of nitrogens with two attached hydrogens (primary N) is 1. The lowest BCUT2D eigenvalue weighted by Crippen LogP contribution is -2.32. The van der Waals surface area contributed by atoms with Crippen LogP contribution in [0.1, 0.15) is 11.1 Å². The maximum Gasteiger partial charge on any atom is 0.320 e. The minimum atomic E-state index is -1.05. The van der Waals surface area contributed by atoms with E-state index in [4.69, 9.17) is 10.8 Å². The fraction of sp³-hybridized carbons (Fsp3) is 0.300. The third-order valence-electron chi connectivity index (χ3n) is 2.06. The lowest BCUT2D eigenvalue weighted by atomic mass is 10.0. The van der Waals surface area contributed by atoms with Crippen molar-refractivity contribution >= 4 is 5.97 Å². The number of carboxylic acids is 1. The molecule has 0 saturated heterocycles. The summed E-state index contributed by atoms with van der Waals surface area (Å²) in [5.74, 6) is -1.37. The van der Waals surface area contributed by atoms with Crippen LogP contribution in [0.4, 0.5) is 4.39 Å². The topological polar surface area (TPSA) is 63.3 Å². The Bertz CT molecular complexity index is 352. The van der Waals surface area contributed by atoms with Crippen LogP contribution in [0.15, 0.2) is 18.2 Å². The van der Waals surface area contributed by atoms with E-state index in [9.17, 15) is 9.18 Å². The lowest BCUT2D eigenvalue weighted by Gasteiger charge is -2.08. The molecule has 3 nitrogen and oxygen atoms in total. The second-order valence-corrected chi connectivity index (χ2v) is 3.22. The van der Waals surface area contributed by atoms with E-state index >= 15 is 0 Å². The molecule has 0 aliphatic heterocycles. The molecular weight excluding hydrogens is 185 g/mol. The Morgan fingerprint density at radius 1 is 1.64 bits per heavy atom. The first-order valence-corrected chi connectivity index (χ1v) is 4.24. The molecule has 0 unspecified atom stereocenters. The van der Waals surface area contributed by atoms with Crippen LogP contribution < -0.4 is 5.73 Å². The molecule has 0 radical (unpaired) electrons. The highest BCUT2D eigenvalue weighted by molar-refractivity contribution is 5.73. The molecule has 0 fully saturated rings. The number of carbonyl (C=O) groups is 1. The van der Waals surface area contributed by atoms with Gasteiger partial charge in [-0.15, -0.1) is 0 Å². The maximum atomic E-state index is 12.7. The van der Waals surface area contributed by atoms with E-state index in [1.54, 1.807) is 13.0 Å². The molecule has 0 saturated carbocycles. The van der Waals surface area contributed by atoms with E-state index in [-0.39, 0.29) is 12.2 Å². The van der Waals surface area contributed by atoms with Gasteiger partial charge >= 0.3 is 5.97 Å². The van der Waals surface area contributed by atoms with Crippen LogP contribution in [0.25, 0.3) is 0 Å². The normalized spacial score (nSPS) is 12.5. The molecule has 0 heterocycles. The Hall–Kier alpha value is -1.42. The molecule has 76 valence electrons. The summed E-state index contributed by atoms with van der Waals surface area (Å²) in [6.45, 7) is 1.73. The number of hydrogen-bond acceptors (Lipinski definition) is 2. The average Bonchev–Trinajstić information content (AvgIpc) is 2.09. The van der Waals surface area contributed by atoms with Crippen molar-refractivity contribution in [3.05, 3.63) is 35.1 Å². The highest BCUT2D eigenvalue weighted by Gasteiger charge is 2.13. The Morgan fingerprint density at radius 2 is 2.29 bits per heavy atom.